The van der Waals surface area contributed by atoms with Gasteiger partial charge in [0.2, 0.25) is 0 Å². The third-order valence-electron chi connectivity index (χ3n) is 3.17. The molecule has 0 unspecified atom stereocenters. The summed E-state index contributed by atoms with van der Waals surface area (Å²) in [5.74, 6) is 2.11. The Balaban J connectivity index is 2.28. The lowest BCUT2D eigenvalue weighted by Gasteiger charge is -2.09. The molecule has 0 N–H and O–H groups in total. The molecule has 0 aliphatic carbocycles. The molecule has 0 saturated carbocycles. The molecular weight excluding hydrogens is 266 g/mol. The number of hydrogen-bond donors (Lipinski definition) is 0. The van der Waals surface area contributed by atoms with E-state index in [0.717, 1.165) is 35.3 Å². The summed E-state index contributed by atoms with van der Waals surface area (Å²) in [4.78, 5) is 0. The van der Waals surface area contributed by atoms with Gasteiger partial charge in [-0.3, -0.25) is 0 Å². The van der Waals surface area contributed by atoms with Crippen LogP contribution in [0.5, 0.6) is 0 Å². The molecule has 1 aromatic heterocycles. The highest BCUT2D eigenvalue weighted by Gasteiger charge is 2.13. The molecule has 108 valence electrons. The van der Waals surface area contributed by atoms with Gasteiger partial charge in [0.05, 0.1) is 0 Å². The first-order valence-electron chi connectivity index (χ1n) is 7.39. The van der Waals surface area contributed by atoms with Crippen LogP contribution >= 0.6 is 11.8 Å². The number of rotatable bonds is 7. The highest BCUT2D eigenvalue weighted by atomic mass is 32.2. The number of hydrogen-bond acceptors (Lipinski definition) is 3. The van der Waals surface area contributed by atoms with Crippen molar-refractivity contribution in [1.82, 2.24) is 14.8 Å². The van der Waals surface area contributed by atoms with Gasteiger partial charge < -0.3 is 4.57 Å². The van der Waals surface area contributed by atoms with Crippen LogP contribution in [0.2, 0.25) is 0 Å². The molecule has 2 rings (SSSR count). The van der Waals surface area contributed by atoms with Gasteiger partial charge in [-0.05, 0) is 25.8 Å². The minimum atomic E-state index is 0.977. The molecule has 0 saturated heterocycles. The number of aryl methyl sites for hydroxylation is 1. The van der Waals surface area contributed by atoms with E-state index in [2.05, 4.69) is 59.8 Å². The van der Waals surface area contributed by atoms with Crippen LogP contribution in [0.25, 0.3) is 11.4 Å². The third-order valence-corrected chi connectivity index (χ3v) is 4.22. The smallest absolute Gasteiger partial charge is 0.191 e. The Morgan fingerprint density at radius 2 is 2.00 bits per heavy atom. The van der Waals surface area contributed by atoms with Crippen molar-refractivity contribution in [3.05, 3.63) is 29.8 Å². The van der Waals surface area contributed by atoms with Crippen LogP contribution in [-0.4, -0.2) is 20.5 Å². The molecule has 0 atom stereocenters. The lowest BCUT2D eigenvalue weighted by Crippen LogP contribution is -2.02. The molecule has 0 fully saturated rings. The fourth-order valence-electron chi connectivity index (χ4n) is 2.13. The molecule has 3 nitrogen and oxygen atoms in total. The minimum absolute atomic E-state index is 0.977. The zero-order chi connectivity index (χ0) is 14.4. The van der Waals surface area contributed by atoms with Gasteiger partial charge >= 0.3 is 0 Å². The van der Waals surface area contributed by atoms with Crippen LogP contribution in [0.15, 0.2) is 29.4 Å². The summed E-state index contributed by atoms with van der Waals surface area (Å²) < 4.78 is 2.26. The van der Waals surface area contributed by atoms with Crippen molar-refractivity contribution in [2.75, 3.05) is 5.75 Å². The van der Waals surface area contributed by atoms with E-state index in [1.54, 1.807) is 0 Å². The van der Waals surface area contributed by atoms with Crippen LogP contribution in [0.4, 0.5) is 0 Å². The molecule has 0 aliphatic heterocycles. The zero-order valence-electron chi connectivity index (χ0n) is 12.6. The Labute approximate surface area is 125 Å². The second kappa shape index (κ2) is 7.48. The van der Waals surface area contributed by atoms with E-state index in [9.17, 15) is 0 Å². The standard InChI is InChI=1S/C16H23N3S/c1-4-6-11-20-16-18-17-15(19(16)10-5-2)14-9-7-8-13(3)12-14/h7-9,12H,4-6,10-11H2,1-3H3. The van der Waals surface area contributed by atoms with Crippen LogP contribution in [-0.2, 0) is 6.54 Å². The first kappa shape index (κ1) is 15.1. The van der Waals surface area contributed by atoms with Crippen LogP contribution < -0.4 is 0 Å². The van der Waals surface area contributed by atoms with Gasteiger partial charge in [0.1, 0.15) is 0 Å². The van der Waals surface area contributed by atoms with Crippen LogP contribution in [0.1, 0.15) is 38.7 Å². The Hall–Kier alpha value is -1.29. The number of nitrogens with zero attached hydrogens (tertiary/aromatic N) is 3. The van der Waals surface area contributed by atoms with Crippen LogP contribution in [0.3, 0.4) is 0 Å². The van der Waals surface area contributed by atoms with E-state index in [1.165, 1.54) is 18.4 Å². The summed E-state index contributed by atoms with van der Waals surface area (Å²) >= 11 is 1.82. The SMILES string of the molecule is CCCCSc1nnc(-c2cccc(C)c2)n1CCC. The molecule has 1 heterocycles. The van der Waals surface area contributed by atoms with Gasteiger partial charge in [0.25, 0.3) is 0 Å². The Morgan fingerprint density at radius 3 is 2.70 bits per heavy atom. The molecule has 20 heavy (non-hydrogen) atoms. The van der Waals surface area contributed by atoms with Crippen LogP contribution in [0, 0.1) is 6.92 Å². The minimum Gasteiger partial charge on any atom is -0.302 e. The second-order valence-corrected chi connectivity index (χ2v) is 6.09. The molecule has 0 spiro atoms. The highest BCUT2D eigenvalue weighted by molar-refractivity contribution is 7.99. The van der Waals surface area contributed by atoms with E-state index < -0.39 is 0 Å². The van der Waals surface area contributed by atoms with Crippen molar-refractivity contribution in [1.29, 1.82) is 0 Å². The van der Waals surface area contributed by atoms with Crippen molar-refractivity contribution in [3.63, 3.8) is 0 Å². The first-order valence-corrected chi connectivity index (χ1v) is 8.37. The molecule has 0 bridgehead atoms. The number of aromatic nitrogens is 3. The van der Waals surface area contributed by atoms with Crippen molar-refractivity contribution >= 4 is 11.8 Å². The van der Waals surface area contributed by atoms with E-state index in [0.29, 0.717) is 0 Å². The molecule has 1 aromatic carbocycles. The van der Waals surface area contributed by atoms with Gasteiger partial charge in [0, 0.05) is 17.9 Å². The van der Waals surface area contributed by atoms with Gasteiger partial charge in [0.15, 0.2) is 11.0 Å². The molecule has 0 aliphatic rings. The highest BCUT2D eigenvalue weighted by Crippen LogP contribution is 2.25. The van der Waals surface area contributed by atoms with E-state index >= 15 is 0 Å². The summed E-state index contributed by atoms with van der Waals surface area (Å²) in [6.45, 7) is 7.50. The maximum absolute atomic E-state index is 4.42. The fraction of sp³-hybridized carbons (Fsp3) is 0.500. The lowest BCUT2D eigenvalue weighted by molar-refractivity contribution is 0.626. The molecule has 2 aromatic rings. The predicted molar refractivity (Wildman–Crippen MR) is 86.1 cm³/mol. The first-order chi connectivity index (χ1) is 9.76. The quantitative estimate of drug-likeness (QED) is 0.553. The average Bonchev–Trinajstić information content (AvgIpc) is 2.83. The number of unbranched alkanes of at least 4 members (excludes halogenated alkanes) is 1. The monoisotopic (exact) mass is 289 g/mol. The van der Waals surface area contributed by atoms with E-state index in [1.807, 2.05) is 11.8 Å². The Kier molecular flexibility index (Phi) is 5.65. The maximum Gasteiger partial charge on any atom is 0.191 e. The van der Waals surface area contributed by atoms with Gasteiger partial charge in [-0.15, -0.1) is 10.2 Å². The number of benzene rings is 1. The van der Waals surface area contributed by atoms with E-state index in [4.69, 9.17) is 0 Å². The molecule has 0 amide bonds. The summed E-state index contributed by atoms with van der Waals surface area (Å²) in [7, 11) is 0. The van der Waals surface area contributed by atoms with Gasteiger partial charge in [-0.25, -0.2) is 0 Å². The summed E-state index contributed by atoms with van der Waals surface area (Å²) in [5.41, 5.74) is 2.42. The average molecular weight is 289 g/mol. The maximum atomic E-state index is 4.42. The van der Waals surface area contributed by atoms with Gasteiger partial charge in [-0.1, -0.05) is 55.8 Å². The second-order valence-electron chi connectivity index (χ2n) is 5.03. The topological polar surface area (TPSA) is 30.7 Å². The van der Waals surface area contributed by atoms with Gasteiger partial charge in [-0.2, -0.15) is 0 Å². The Morgan fingerprint density at radius 1 is 1.15 bits per heavy atom. The number of thioether (sulfide) groups is 1. The largest absolute Gasteiger partial charge is 0.302 e. The summed E-state index contributed by atoms with van der Waals surface area (Å²) in [5, 5.41) is 9.86. The summed E-state index contributed by atoms with van der Waals surface area (Å²) in [6.07, 6.45) is 3.54. The van der Waals surface area contributed by atoms with Crippen molar-refractivity contribution in [2.24, 2.45) is 0 Å². The van der Waals surface area contributed by atoms with Crippen molar-refractivity contribution < 1.29 is 0 Å². The van der Waals surface area contributed by atoms with E-state index in [-0.39, 0.29) is 0 Å². The molecule has 4 heteroatoms. The fourth-order valence-corrected chi connectivity index (χ4v) is 3.17. The Bertz CT molecular complexity index is 548. The summed E-state index contributed by atoms with van der Waals surface area (Å²) in [6, 6.07) is 8.49. The molecule has 0 radical (unpaired) electrons. The van der Waals surface area contributed by atoms with Crippen molar-refractivity contribution in [3.8, 4) is 11.4 Å². The van der Waals surface area contributed by atoms with Crippen molar-refractivity contribution in [2.45, 2.75) is 51.7 Å². The predicted octanol–water partition coefficient (Wildman–Crippen LogP) is 4.56. The normalized spacial score (nSPS) is 10.9. The zero-order valence-corrected chi connectivity index (χ0v) is 13.4. The third kappa shape index (κ3) is 3.63. The molecular formula is C16H23N3S. The lowest BCUT2D eigenvalue weighted by atomic mass is 10.1.